The lowest BCUT2D eigenvalue weighted by Gasteiger charge is -2.37. The fourth-order valence-corrected chi connectivity index (χ4v) is 7.70. The van der Waals surface area contributed by atoms with Gasteiger partial charge in [0.15, 0.2) is 5.54 Å². The van der Waals surface area contributed by atoms with Gasteiger partial charge < -0.3 is 24.4 Å². The number of nitrogens with one attached hydrogen (secondary N) is 2. The van der Waals surface area contributed by atoms with Crippen LogP contribution < -0.4 is 25.4 Å². The van der Waals surface area contributed by atoms with E-state index in [1.807, 2.05) is 0 Å². The van der Waals surface area contributed by atoms with Crippen molar-refractivity contribution in [1.29, 1.82) is 0 Å². The first-order valence-electron chi connectivity index (χ1n) is 16.8. The van der Waals surface area contributed by atoms with Crippen LogP contribution in [0.2, 0.25) is 5.02 Å². The van der Waals surface area contributed by atoms with Gasteiger partial charge >= 0.3 is 6.09 Å². The van der Waals surface area contributed by atoms with Crippen LogP contribution in [0.5, 0.6) is 11.6 Å². The van der Waals surface area contributed by atoms with Crippen LogP contribution in [0.3, 0.4) is 0 Å². The van der Waals surface area contributed by atoms with Crippen molar-refractivity contribution in [2.75, 3.05) is 13.7 Å². The molecule has 1 aliphatic heterocycles. The third-order valence-corrected chi connectivity index (χ3v) is 11.2. The van der Waals surface area contributed by atoms with Crippen LogP contribution in [0.25, 0.3) is 10.8 Å². The Hall–Kier alpha value is -4.37. The second-order valence-electron chi connectivity index (χ2n) is 15.3. The summed E-state index contributed by atoms with van der Waals surface area (Å²) in [6.07, 6.45) is 0.382. The summed E-state index contributed by atoms with van der Waals surface area (Å²) in [4.78, 5) is 61.1. The summed E-state index contributed by atoms with van der Waals surface area (Å²) in [7, 11) is -2.50. The molecule has 0 radical (unpaired) electrons. The molecule has 2 heterocycles. The Kier molecular flexibility index (Phi) is 10.4. The summed E-state index contributed by atoms with van der Waals surface area (Å²) in [5.41, 5.74) is -0.824. The molecule has 17 heteroatoms. The lowest BCUT2D eigenvalue weighted by atomic mass is 9.85. The van der Waals surface area contributed by atoms with Crippen LogP contribution >= 0.6 is 11.6 Å². The summed E-state index contributed by atoms with van der Waals surface area (Å²) in [6, 6.07) is 2.58. The number of halogens is 1. The quantitative estimate of drug-likeness (QED) is 0.139. The Balaban J connectivity index is 1.50. The van der Waals surface area contributed by atoms with Gasteiger partial charge in [0.2, 0.25) is 21.8 Å². The molecule has 4 N–H and O–H groups in total. The predicted octanol–water partition coefficient (Wildman–Crippen LogP) is 3.35. The number of nitrogens with two attached hydrogens (primary N) is 1. The van der Waals surface area contributed by atoms with E-state index in [1.165, 1.54) is 18.2 Å². The SMILES string of the molecule is C=C=C1C[C@@]1(C(=O)NS(=O)(=O)C1CC1)N(N)C(=O)[C@@H]1C[C@@H](Oc2ncc(OC)c3ccc(Cl)cc23)CN1C(=O)[C@@H](NC(=O)OC(C)(C)C)C(C)(C)C. The maximum Gasteiger partial charge on any atom is 0.408 e. The van der Waals surface area contributed by atoms with E-state index < -0.39 is 73.8 Å². The van der Waals surface area contributed by atoms with E-state index in [2.05, 4.69) is 27.3 Å². The number of carbonyl (C=O) groups is 4. The highest BCUT2D eigenvalue weighted by Gasteiger charge is 2.64. The standard InChI is InChI=1S/C35H45ClN6O9S/c1-9-19-16-35(19,31(45)40-52(47,48)22-11-12-22)42(37)29(43)25-15-21(50-28-24-14-20(36)10-13-23(24)26(49-8)17-38-28)18-41(25)30(44)27(33(2,3)4)39-32(46)51-34(5,6)7/h10,13-14,17,21-22,25,27H,1,11-12,15-16,18,37H2,2-8H3,(H,39,46)(H,40,45)/t21-,25+,27-,35-/m1/s1. The van der Waals surface area contributed by atoms with Gasteiger partial charge in [0.05, 0.1) is 25.1 Å². The number of sulfonamides is 1. The molecule has 2 saturated carbocycles. The molecular formula is C35H45ClN6O9S. The predicted molar refractivity (Wildman–Crippen MR) is 192 cm³/mol. The van der Waals surface area contributed by atoms with Crippen molar-refractivity contribution in [2.45, 2.75) is 102 Å². The summed E-state index contributed by atoms with van der Waals surface area (Å²) in [6.45, 7) is 13.7. The Morgan fingerprint density at radius 1 is 1.15 bits per heavy atom. The molecule has 4 atom stereocenters. The van der Waals surface area contributed by atoms with Crippen molar-refractivity contribution >= 4 is 56.2 Å². The third-order valence-electron chi connectivity index (χ3n) is 9.12. The minimum absolute atomic E-state index is 0.109. The summed E-state index contributed by atoms with van der Waals surface area (Å²) in [5.74, 6) is 4.54. The molecule has 0 bridgehead atoms. The Morgan fingerprint density at radius 3 is 2.38 bits per heavy atom. The highest BCUT2D eigenvalue weighted by Crippen LogP contribution is 2.47. The summed E-state index contributed by atoms with van der Waals surface area (Å²) < 4.78 is 44.8. The number of ether oxygens (including phenoxy) is 3. The molecule has 52 heavy (non-hydrogen) atoms. The number of benzene rings is 1. The second kappa shape index (κ2) is 13.9. The molecule has 0 spiro atoms. The van der Waals surface area contributed by atoms with Gasteiger partial charge in [-0.2, -0.15) is 0 Å². The number of pyridine rings is 1. The van der Waals surface area contributed by atoms with Crippen molar-refractivity contribution in [2.24, 2.45) is 11.3 Å². The monoisotopic (exact) mass is 760 g/mol. The van der Waals surface area contributed by atoms with Gasteiger partial charge in [0, 0.05) is 34.2 Å². The maximum absolute atomic E-state index is 14.5. The van der Waals surface area contributed by atoms with E-state index >= 15 is 0 Å². The molecule has 1 saturated heterocycles. The number of hydrogen-bond donors (Lipinski definition) is 3. The Morgan fingerprint density at radius 2 is 1.83 bits per heavy atom. The van der Waals surface area contributed by atoms with Crippen LogP contribution in [0.15, 0.2) is 42.3 Å². The van der Waals surface area contributed by atoms with Crippen LogP contribution in [0.1, 0.15) is 67.2 Å². The topological polar surface area (TPSA) is 200 Å². The molecule has 3 aliphatic rings. The first kappa shape index (κ1) is 38.9. The average Bonchev–Trinajstić information content (AvgIpc) is 3.97. The lowest BCUT2D eigenvalue weighted by molar-refractivity contribution is -0.150. The van der Waals surface area contributed by atoms with E-state index in [1.54, 1.807) is 59.7 Å². The van der Waals surface area contributed by atoms with E-state index in [4.69, 9.17) is 31.7 Å². The van der Waals surface area contributed by atoms with Crippen molar-refractivity contribution < 1.29 is 41.8 Å². The molecule has 1 aromatic heterocycles. The number of nitrogens with zero attached hydrogens (tertiary/aromatic N) is 3. The molecule has 3 fully saturated rings. The smallest absolute Gasteiger partial charge is 0.408 e. The molecular weight excluding hydrogens is 716 g/mol. The van der Waals surface area contributed by atoms with Gasteiger partial charge in [0.25, 0.3) is 11.8 Å². The van der Waals surface area contributed by atoms with Crippen molar-refractivity contribution in [3.05, 3.63) is 47.3 Å². The number of fused-ring (bicyclic) bond motifs is 1. The molecule has 1 aromatic carbocycles. The van der Waals surface area contributed by atoms with Crippen LogP contribution in [0, 0.1) is 5.41 Å². The zero-order valence-electron chi connectivity index (χ0n) is 30.2. The van der Waals surface area contributed by atoms with Crippen LogP contribution in [0.4, 0.5) is 4.79 Å². The highest BCUT2D eigenvalue weighted by molar-refractivity contribution is 7.91. The van der Waals surface area contributed by atoms with Crippen molar-refractivity contribution in [3.8, 4) is 11.6 Å². The molecule has 15 nitrogen and oxygen atoms in total. The van der Waals surface area contributed by atoms with Gasteiger partial charge in [-0.05, 0) is 57.2 Å². The average molecular weight is 761 g/mol. The minimum Gasteiger partial charge on any atom is -0.494 e. The van der Waals surface area contributed by atoms with Crippen LogP contribution in [-0.4, -0.2) is 95.4 Å². The molecule has 0 unspecified atom stereocenters. The number of carbonyl (C=O) groups excluding carboxylic acids is 4. The number of hydrogen-bond acceptors (Lipinski definition) is 11. The number of hydrazine groups is 1. The van der Waals surface area contributed by atoms with Crippen LogP contribution in [-0.2, 0) is 29.1 Å². The van der Waals surface area contributed by atoms with Crippen molar-refractivity contribution in [3.63, 3.8) is 0 Å². The van der Waals surface area contributed by atoms with Crippen molar-refractivity contribution in [1.82, 2.24) is 24.9 Å². The number of methoxy groups -OCH3 is 1. The molecule has 282 valence electrons. The minimum atomic E-state index is -4.00. The zero-order valence-corrected chi connectivity index (χ0v) is 31.8. The van der Waals surface area contributed by atoms with E-state index in [-0.39, 0.29) is 30.8 Å². The highest BCUT2D eigenvalue weighted by atomic mass is 35.5. The zero-order chi connectivity index (χ0) is 38.6. The Bertz CT molecular complexity index is 1970. The number of rotatable bonds is 10. The largest absolute Gasteiger partial charge is 0.494 e. The van der Waals surface area contributed by atoms with Gasteiger partial charge in [0.1, 0.15) is 29.5 Å². The molecule has 2 aromatic rings. The fraction of sp³-hybridized carbons (Fsp3) is 0.543. The third kappa shape index (κ3) is 7.85. The first-order chi connectivity index (χ1) is 24.1. The Labute approximate surface area is 307 Å². The van der Waals surface area contributed by atoms with Gasteiger partial charge in [-0.3, -0.25) is 24.1 Å². The molecule has 2 aliphatic carbocycles. The molecule has 5 rings (SSSR count). The summed E-state index contributed by atoms with van der Waals surface area (Å²) in [5, 5.41) is 4.19. The van der Waals surface area contributed by atoms with E-state index in [0.29, 0.717) is 39.4 Å². The normalized spacial score (nSPS) is 22.2. The number of amides is 4. The maximum atomic E-state index is 14.5. The fourth-order valence-electron chi connectivity index (χ4n) is 6.18. The van der Waals surface area contributed by atoms with E-state index in [0.717, 1.165) is 0 Å². The van der Waals surface area contributed by atoms with Gasteiger partial charge in [-0.1, -0.05) is 39.0 Å². The number of alkyl carbamates (subject to hydrolysis) is 1. The second-order valence-corrected chi connectivity index (χ2v) is 17.7. The number of likely N-dealkylation sites (tertiary alicyclic amines) is 1. The number of aromatic nitrogens is 1. The van der Waals surface area contributed by atoms with E-state index in [9.17, 15) is 27.6 Å². The summed E-state index contributed by atoms with van der Waals surface area (Å²) >= 11 is 6.32. The van der Waals surface area contributed by atoms with Gasteiger partial charge in [-0.15, -0.1) is 5.73 Å². The lowest BCUT2D eigenvalue weighted by Crippen LogP contribution is -2.62. The van der Waals surface area contributed by atoms with Gasteiger partial charge in [-0.25, -0.2) is 24.0 Å². The molecule has 4 amide bonds. The first-order valence-corrected chi connectivity index (χ1v) is 18.7.